The van der Waals surface area contributed by atoms with Gasteiger partial charge in [-0.2, -0.15) is 0 Å². The number of methoxy groups -OCH3 is 2. The van der Waals surface area contributed by atoms with E-state index in [2.05, 4.69) is 19.5 Å². The highest BCUT2D eigenvalue weighted by Crippen LogP contribution is 2.30. The van der Waals surface area contributed by atoms with Crippen LogP contribution in [0.5, 0.6) is 11.5 Å². The zero-order valence-electron chi connectivity index (χ0n) is 22.7. The Kier molecular flexibility index (Phi) is 15.0. The molecule has 0 radical (unpaired) electrons. The second-order valence-electron chi connectivity index (χ2n) is 8.19. The fourth-order valence-corrected chi connectivity index (χ4v) is 4.23. The Morgan fingerprint density at radius 1 is 1.23 bits per heavy atom. The van der Waals surface area contributed by atoms with E-state index >= 15 is 0 Å². The number of nitrogens with one attached hydrogen (secondary N) is 1. The molecule has 0 spiro atoms. The quantitative estimate of drug-likeness (QED) is 0.0959. The van der Waals surface area contributed by atoms with E-state index in [4.69, 9.17) is 37.9 Å². The van der Waals surface area contributed by atoms with Crippen molar-refractivity contribution in [3.8, 4) is 11.5 Å². The summed E-state index contributed by atoms with van der Waals surface area (Å²) in [7, 11) is 5.30. The maximum absolute atomic E-state index is 13.2. The van der Waals surface area contributed by atoms with Crippen molar-refractivity contribution in [2.75, 3.05) is 65.8 Å². The second kappa shape index (κ2) is 17.9. The van der Waals surface area contributed by atoms with Crippen molar-refractivity contribution < 1.29 is 57.1 Å². The molecule has 224 valence electrons. The largest absolute Gasteiger partial charge is 0.493 e. The van der Waals surface area contributed by atoms with Crippen molar-refractivity contribution in [2.24, 2.45) is 5.92 Å². The van der Waals surface area contributed by atoms with Crippen molar-refractivity contribution in [3.05, 3.63) is 18.0 Å². The van der Waals surface area contributed by atoms with Crippen LogP contribution in [-0.4, -0.2) is 113 Å². The summed E-state index contributed by atoms with van der Waals surface area (Å²) in [6, 6.07) is 0.0724. The monoisotopic (exact) mass is 606 g/mol. The third-order valence-electron chi connectivity index (χ3n) is 5.46. The molecular formula is C24H35N2O12PS. The standard InChI is InChI=1S/C24H35N2O12PS/c1-14-20(37-13-40-4)15(11-39)23(29)34-9-16(24(30)38-14)26-22(28)19-21(17(32-3)5-6-25-19)36-12-35-18(27)10-33-8-7-31-2/h5-6,14-16,20H,7-13,39H2,1-4H3,(H,26,28)/t14-,15+,16-,20-/m0/s1. The molecule has 1 aromatic heterocycles. The Hall–Kier alpha value is -2.71. The van der Waals surface area contributed by atoms with Crippen LogP contribution in [0.15, 0.2) is 12.3 Å². The van der Waals surface area contributed by atoms with Gasteiger partial charge in [-0.3, -0.25) is 9.59 Å². The Bertz CT molecular complexity index is 1000. The first kappa shape index (κ1) is 33.5. The van der Waals surface area contributed by atoms with Crippen LogP contribution < -0.4 is 14.8 Å². The molecule has 1 amide bonds. The van der Waals surface area contributed by atoms with E-state index in [1.165, 1.54) is 38.2 Å². The van der Waals surface area contributed by atoms with Gasteiger partial charge < -0.3 is 43.2 Å². The number of carbonyl (C=O) groups is 4. The van der Waals surface area contributed by atoms with Crippen LogP contribution in [-0.2, 0) is 42.8 Å². The number of esters is 3. The van der Waals surface area contributed by atoms with E-state index in [0.29, 0.717) is 12.8 Å². The molecule has 1 saturated heterocycles. The smallest absolute Gasteiger partial charge is 0.334 e. The number of hydrogen-bond donors (Lipinski definition) is 1. The maximum Gasteiger partial charge on any atom is 0.334 e. The van der Waals surface area contributed by atoms with E-state index in [9.17, 15) is 19.2 Å². The Morgan fingerprint density at radius 2 is 2.00 bits per heavy atom. The molecule has 16 heteroatoms. The summed E-state index contributed by atoms with van der Waals surface area (Å²) in [6.45, 7) is 0.733. The van der Waals surface area contributed by atoms with Gasteiger partial charge >= 0.3 is 17.9 Å². The van der Waals surface area contributed by atoms with Gasteiger partial charge in [0.1, 0.15) is 25.4 Å². The number of thioether (sulfide) groups is 1. The van der Waals surface area contributed by atoms with E-state index < -0.39 is 61.4 Å². The summed E-state index contributed by atoms with van der Waals surface area (Å²) in [5.41, 5.74) is -0.275. The van der Waals surface area contributed by atoms with E-state index in [-0.39, 0.29) is 36.3 Å². The highest BCUT2D eigenvalue weighted by atomic mass is 32.2. The predicted octanol–water partition coefficient (Wildman–Crippen LogP) is 0.417. The van der Waals surface area contributed by atoms with E-state index in [1.54, 1.807) is 6.92 Å². The number of nitrogens with zero attached hydrogens (tertiary/aromatic N) is 1. The molecule has 40 heavy (non-hydrogen) atoms. The third kappa shape index (κ3) is 10.0. The minimum absolute atomic E-state index is 0.113. The first-order valence-electron chi connectivity index (χ1n) is 12.1. The molecule has 1 aliphatic rings. The number of amides is 1. The van der Waals surface area contributed by atoms with Crippen LogP contribution in [0.2, 0.25) is 0 Å². The molecule has 1 unspecified atom stereocenters. The van der Waals surface area contributed by atoms with E-state index in [1.807, 2.05) is 6.26 Å². The van der Waals surface area contributed by atoms with Crippen LogP contribution in [0.3, 0.4) is 0 Å². The lowest BCUT2D eigenvalue weighted by atomic mass is 10.0. The summed E-state index contributed by atoms with van der Waals surface area (Å²) in [4.78, 5) is 54.8. The van der Waals surface area contributed by atoms with Crippen LogP contribution in [0, 0.1) is 5.92 Å². The number of pyridine rings is 1. The van der Waals surface area contributed by atoms with Crippen molar-refractivity contribution in [1.82, 2.24) is 10.3 Å². The lowest BCUT2D eigenvalue weighted by Crippen LogP contribution is -2.46. The van der Waals surface area contributed by atoms with Gasteiger partial charge in [0.2, 0.25) is 6.79 Å². The van der Waals surface area contributed by atoms with Crippen LogP contribution in [0.1, 0.15) is 17.4 Å². The van der Waals surface area contributed by atoms with Crippen molar-refractivity contribution in [3.63, 3.8) is 0 Å². The number of hydrogen-bond acceptors (Lipinski definition) is 14. The van der Waals surface area contributed by atoms with Gasteiger partial charge in [-0.25, -0.2) is 14.6 Å². The molecule has 1 N–H and O–H groups in total. The van der Waals surface area contributed by atoms with Gasteiger partial charge in [-0.05, 0) is 19.3 Å². The zero-order valence-corrected chi connectivity index (χ0v) is 24.7. The molecule has 0 saturated carbocycles. The molecule has 5 atom stereocenters. The van der Waals surface area contributed by atoms with Gasteiger partial charge in [-0.1, -0.05) is 0 Å². The zero-order chi connectivity index (χ0) is 29.5. The van der Waals surface area contributed by atoms with Crippen molar-refractivity contribution in [2.45, 2.75) is 25.2 Å². The minimum Gasteiger partial charge on any atom is -0.493 e. The molecule has 0 bridgehead atoms. The lowest BCUT2D eigenvalue weighted by Gasteiger charge is -2.28. The summed E-state index contributed by atoms with van der Waals surface area (Å²) < 4.78 is 42.2. The maximum atomic E-state index is 13.2. The van der Waals surface area contributed by atoms with E-state index in [0.717, 1.165) is 0 Å². The topological polar surface area (TPSA) is 167 Å². The predicted molar refractivity (Wildman–Crippen MR) is 144 cm³/mol. The Labute approximate surface area is 238 Å². The molecule has 0 aromatic carbocycles. The van der Waals surface area contributed by atoms with Gasteiger partial charge in [0.15, 0.2) is 23.2 Å². The van der Waals surface area contributed by atoms with Crippen LogP contribution in [0.4, 0.5) is 0 Å². The molecule has 2 heterocycles. The fraction of sp³-hybridized carbons (Fsp3) is 0.625. The third-order valence-corrected chi connectivity index (χ3v) is 6.34. The molecular weight excluding hydrogens is 571 g/mol. The van der Waals surface area contributed by atoms with Crippen LogP contribution >= 0.6 is 21.0 Å². The normalized spacial score (nSPS) is 21.2. The minimum atomic E-state index is -1.36. The highest BCUT2D eigenvalue weighted by Gasteiger charge is 2.39. The SMILES string of the molecule is COCCOCC(=O)OCOc1c(OC)ccnc1C(=O)N[C@H]1COC(=O)[C@H](CP)[C@@H](OCSC)[C@H](C)OC1=O. The molecule has 1 fully saturated rings. The van der Waals surface area contributed by atoms with Crippen molar-refractivity contribution in [1.29, 1.82) is 0 Å². The summed E-state index contributed by atoms with van der Waals surface area (Å²) in [5, 5.41) is 2.46. The number of ether oxygens (including phenoxy) is 8. The number of carbonyl (C=O) groups excluding carboxylic acids is 4. The Balaban J connectivity index is 2.14. The molecule has 0 aliphatic carbocycles. The molecule has 14 nitrogen and oxygen atoms in total. The van der Waals surface area contributed by atoms with Crippen LogP contribution in [0.25, 0.3) is 0 Å². The van der Waals surface area contributed by atoms with Gasteiger partial charge in [0, 0.05) is 19.4 Å². The average molecular weight is 607 g/mol. The number of cyclic esters (lactones) is 2. The first-order valence-corrected chi connectivity index (χ1v) is 14.3. The highest BCUT2D eigenvalue weighted by molar-refractivity contribution is 7.98. The van der Waals surface area contributed by atoms with Gasteiger partial charge in [0.05, 0.1) is 32.2 Å². The number of aromatic nitrogens is 1. The van der Waals surface area contributed by atoms with Gasteiger partial charge in [0.25, 0.3) is 5.91 Å². The summed E-state index contributed by atoms with van der Waals surface area (Å²) >= 11 is 1.41. The summed E-state index contributed by atoms with van der Waals surface area (Å²) in [5.74, 6) is -3.45. The molecule has 1 aliphatic heterocycles. The summed E-state index contributed by atoms with van der Waals surface area (Å²) in [6.07, 6.45) is 1.88. The first-order chi connectivity index (χ1) is 19.3. The molecule has 1 aromatic rings. The Morgan fingerprint density at radius 3 is 2.67 bits per heavy atom. The van der Waals surface area contributed by atoms with Crippen molar-refractivity contribution >= 4 is 44.8 Å². The second-order valence-corrected chi connectivity index (χ2v) is 9.48. The fourth-order valence-electron chi connectivity index (χ4n) is 3.48. The van der Waals surface area contributed by atoms with Gasteiger partial charge in [-0.15, -0.1) is 21.0 Å². The lowest BCUT2D eigenvalue weighted by molar-refractivity contribution is -0.161. The number of rotatable bonds is 15. The molecule has 2 rings (SSSR count). The average Bonchev–Trinajstić information content (AvgIpc) is 2.98.